The lowest BCUT2D eigenvalue weighted by Crippen LogP contribution is -2.61. The summed E-state index contributed by atoms with van der Waals surface area (Å²) in [6.45, 7) is 0.955. The number of aromatic hydroxyl groups is 2. The lowest BCUT2D eigenvalue weighted by atomic mass is 9.98. The first-order valence-electron chi connectivity index (χ1n) is 13.3. The SMILES string of the molecule is COc1cc(-c2cc(=O)c3c(O)cc(O[C@@H]4O[C@@H](CO[C@@H]5O[C@H](C)[C@H](O)[C@@H](O)[C@H]5O)[C@@H](O)[C@H](O)[C@H]4O)cc3o2)ccc1O. The van der Waals surface area contributed by atoms with Gasteiger partial charge >= 0.3 is 0 Å². The molecular weight excluding hydrogens is 576 g/mol. The number of aliphatic hydroxyl groups excluding tert-OH is 6. The van der Waals surface area contributed by atoms with Gasteiger partial charge in [0.2, 0.25) is 6.29 Å². The quantitative estimate of drug-likeness (QED) is 0.159. The van der Waals surface area contributed by atoms with Crippen LogP contribution in [0.5, 0.6) is 23.0 Å². The Kier molecular flexibility index (Phi) is 8.80. The smallest absolute Gasteiger partial charge is 0.229 e. The Bertz CT molecular complexity index is 1510. The molecule has 5 rings (SSSR count). The fourth-order valence-corrected chi connectivity index (χ4v) is 4.91. The first-order valence-corrected chi connectivity index (χ1v) is 13.3. The molecule has 0 unspecified atom stereocenters. The minimum absolute atomic E-state index is 0.0798. The number of hydrogen-bond donors (Lipinski definition) is 8. The summed E-state index contributed by atoms with van der Waals surface area (Å²) in [5.41, 5.74) is -0.307. The van der Waals surface area contributed by atoms with E-state index < -0.39 is 79.2 Å². The maximum atomic E-state index is 12.8. The van der Waals surface area contributed by atoms with E-state index in [1.54, 1.807) is 0 Å². The second-order valence-corrected chi connectivity index (χ2v) is 10.3. The second kappa shape index (κ2) is 12.2. The van der Waals surface area contributed by atoms with Crippen molar-refractivity contribution in [3.63, 3.8) is 0 Å². The van der Waals surface area contributed by atoms with E-state index in [1.165, 1.54) is 38.3 Å². The molecule has 1 aromatic heterocycles. The molecule has 2 aliphatic heterocycles. The minimum Gasteiger partial charge on any atom is -0.507 e. The van der Waals surface area contributed by atoms with E-state index in [-0.39, 0.29) is 34.0 Å². The third-order valence-electron chi connectivity index (χ3n) is 7.40. The molecule has 0 amide bonds. The van der Waals surface area contributed by atoms with Crippen LogP contribution in [0.1, 0.15) is 6.92 Å². The maximum Gasteiger partial charge on any atom is 0.229 e. The van der Waals surface area contributed by atoms with Crippen LogP contribution in [-0.2, 0) is 14.2 Å². The van der Waals surface area contributed by atoms with Crippen molar-refractivity contribution in [2.75, 3.05) is 13.7 Å². The minimum atomic E-state index is -1.78. The molecule has 3 aromatic rings. The van der Waals surface area contributed by atoms with Crippen LogP contribution >= 0.6 is 0 Å². The summed E-state index contributed by atoms with van der Waals surface area (Å²) in [5, 5.41) is 81.8. The van der Waals surface area contributed by atoms with Gasteiger partial charge in [0.25, 0.3) is 0 Å². The average molecular weight is 609 g/mol. The fourth-order valence-electron chi connectivity index (χ4n) is 4.91. The molecule has 10 atom stereocenters. The molecule has 234 valence electrons. The summed E-state index contributed by atoms with van der Waals surface area (Å²) in [6, 6.07) is 7.76. The number of phenolic OH excluding ortho intramolecular Hbond substituents is 2. The van der Waals surface area contributed by atoms with Crippen molar-refractivity contribution in [2.24, 2.45) is 0 Å². The highest BCUT2D eigenvalue weighted by Crippen LogP contribution is 2.35. The fraction of sp³-hybridized carbons (Fsp3) is 0.464. The highest BCUT2D eigenvalue weighted by atomic mass is 16.7. The maximum absolute atomic E-state index is 12.8. The van der Waals surface area contributed by atoms with Crippen molar-refractivity contribution >= 4 is 11.0 Å². The predicted molar refractivity (Wildman–Crippen MR) is 143 cm³/mol. The number of fused-ring (bicyclic) bond motifs is 1. The first kappa shape index (κ1) is 30.9. The molecule has 0 saturated carbocycles. The Hall–Kier alpha value is -3.51. The molecule has 0 spiro atoms. The van der Waals surface area contributed by atoms with Crippen molar-refractivity contribution in [1.82, 2.24) is 0 Å². The molecule has 0 bridgehead atoms. The molecule has 2 fully saturated rings. The van der Waals surface area contributed by atoms with Gasteiger partial charge in [0, 0.05) is 23.8 Å². The van der Waals surface area contributed by atoms with E-state index in [0.29, 0.717) is 5.56 Å². The number of phenols is 2. The van der Waals surface area contributed by atoms with E-state index in [9.17, 15) is 45.6 Å². The topological polar surface area (TPSA) is 238 Å². The molecule has 15 heteroatoms. The van der Waals surface area contributed by atoms with Gasteiger partial charge in [0.1, 0.15) is 71.0 Å². The molecule has 2 saturated heterocycles. The molecule has 0 radical (unpaired) electrons. The lowest BCUT2D eigenvalue weighted by Gasteiger charge is -2.42. The van der Waals surface area contributed by atoms with E-state index >= 15 is 0 Å². The summed E-state index contributed by atoms with van der Waals surface area (Å²) in [4.78, 5) is 12.8. The van der Waals surface area contributed by atoms with Crippen LogP contribution in [0.15, 0.2) is 45.6 Å². The number of hydrogen-bond acceptors (Lipinski definition) is 15. The summed E-state index contributed by atoms with van der Waals surface area (Å²) in [7, 11) is 1.36. The Morgan fingerprint density at radius 2 is 1.49 bits per heavy atom. The van der Waals surface area contributed by atoms with Gasteiger partial charge in [-0.3, -0.25) is 4.79 Å². The highest BCUT2D eigenvalue weighted by Gasteiger charge is 2.47. The Morgan fingerprint density at radius 1 is 0.791 bits per heavy atom. The van der Waals surface area contributed by atoms with Gasteiger partial charge in [-0.1, -0.05) is 0 Å². The van der Waals surface area contributed by atoms with Crippen LogP contribution < -0.4 is 14.9 Å². The van der Waals surface area contributed by atoms with Gasteiger partial charge in [-0.15, -0.1) is 0 Å². The number of rotatable bonds is 7. The van der Waals surface area contributed by atoms with Crippen LogP contribution in [0.3, 0.4) is 0 Å². The summed E-state index contributed by atoms with van der Waals surface area (Å²) in [5.74, 6) is -0.567. The predicted octanol–water partition coefficient (Wildman–Crippen LogP) is -1.09. The molecule has 8 N–H and O–H groups in total. The standard InChI is InChI=1S/C28H32O15/c1-10-21(32)23(34)25(36)27(40-10)39-9-19-22(33)24(35)26(37)28(43-19)41-12-6-14(30)20-15(31)8-16(42-18(20)7-12)11-3-4-13(29)17(5-11)38-2/h3-8,10,19,21-30,32-37H,9H2,1-2H3/t10-,19+,21+,22-,23-,24+,25-,26-,27-,28-/m1/s1. The third kappa shape index (κ3) is 5.99. The number of ether oxygens (including phenoxy) is 5. The van der Waals surface area contributed by atoms with E-state index in [4.69, 9.17) is 28.1 Å². The van der Waals surface area contributed by atoms with Gasteiger partial charge < -0.3 is 69.0 Å². The monoisotopic (exact) mass is 608 g/mol. The first-order chi connectivity index (χ1) is 20.4. The van der Waals surface area contributed by atoms with Crippen LogP contribution in [0.2, 0.25) is 0 Å². The van der Waals surface area contributed by atoms with E-state index in [1.807, 2.05) is 0 Å². The van der Waals surface area contributed by atoms with Gasteiger partial charge in [-0.05, 0) is 25.1 Å². The molecule has 2 aromatic carbocycles. The largest absolute Gasteiger partial charge is 0.507 e. The molecule has 2 aliphatic rings. The van der Waals surface area contributed by atoms with Crippen molar-refractivity contribution in [3.8, 4) is 34.3 Å². The molecule has 0 aliphatic carbocycles. The zero-order chi connectivity index (χ0) is 31.2. The van der Waals surface area contributed by atoms with E-state index in [0.717, 1.165) is 12.1 Å². The Balaban J connectivity index is 1.37. The second-order valence-electron chi connectivity index (χ2n) is 10.3. The van der Waals surface area contributed by atoms with Crippen molar-refractivity contribution in [2.45, 2.75) is 68.3 Å². The van der Waals surface area contributed by atoms with Crippen molar-refractivity contribution < 1.29 is 69.0 Å². The van der Waals surface area contributed by atoms with Crippen LogP contribution in [-0.4, -0.2) is 116 Å². The van der Waals surface area contributed by atoms with Gasteiger partial charge in [0.15, 0.2) is 23.2 Å². The van der Waals surface area contributed by atoms with Crippen LogP contribution in [0.4, 0.5) is 0 Å². The summed E-state index contributed by atoms with van der Waals surface area (Å²) >= 11 is 0. The molecule has 43 heavy (non-hydrogen) atoms. The van der Waals surface area contributed by atoms with Crippen molar-refractivity contribution in [1.29, 1.82) is 0 Å². The van der Waals surface area contributed by atoms with E-state index in [2.05, 4.69) is 0 Å². The van der Waals surface area contributed by atoms with Gasteiger partial charge in [0.05, 0.1) is 19.8 Å². The number of aliphatic hydroxyl groups is 6. The zero-order valence-electron chi connectivity index (χ0n) is 22.9. The van der Waals surface area contributed by atoms with Gasteiger partial charge in [-0.25, -0.2) is 0 Å². The Morgan fingerprint density at radius 3 is 2.21 bits per heavy atom. The molecular formula is C28H32O15. The Labute approximate surface area is 243 Å². The molecule has 15 nitrogen and oxygen atoms in total. The lowest BCUT2D eigenvalue weighted by molar-refractivity contribution is -0.318. The normalized spacial score (nSPS) is 32.9. The third-order valence-corrected chi connectivity index (χ3v) is 7.40. The van der Waals surface area contributed by atoms with Crippen molar-refractivity contribution in [3.05, 3.63) is 46.6 Å². The van der Waals surface area contributed by atoms with Crippen LogP contribution in [0.25, 0.3) is 22.3 Å². The number of benzene rings is 2. The highest BCUT2D eigenvalue weighted by molar-refractivity contribution is 5.86. The number of methoxy groups -OCH3 is 1. The molecule has 3 heterocycles. The average Bonchev–Trinajstić information content (AvgIpc) is 2.97. The zero-order valence-corrected chi connectivity index (χ0v) is 22.9. The summed E-state index contributed by atoms with van der Waals surface area (Å²) < 4.78 is 33.0. The van der Waals surface area contributed by atoms with Gasteiger partial charge in [-0.2, -0.15) is 0 Å². The van der Waals surface area contributed by atoms with Crippen LogP contribution in [0, 0.1) is 0 Å². The summed E-state index contributed by atoms with van der Waals surface area (Å²) in [6.07, 6.45) is -15.0.